The van der Waals surface area contributed by atoms with E-state index in [0.717, 1.165) is 0 Å². The predicted molar refractivity (Wildman–Crippen MR) is 64.6 cm³/mol. The largest absolute Gasteiger partial charge is 0.469 e. The highest BCUT2D eigenvalue weighted by atomic mass is 16.6. The minimum Gasteiger partial charge on any atom is -0.469 e. The molecule has 0 aliphatic heterocycles. The summed E-state index contributed by atoms with van der Waals surface area (Å²) in [6.07, 6.45) is -0.368. The van der Waals surface area contributed by atoms with Crippen molar-refractivity contribution in [3.63, 3.8) is 0 Å². The van der Waals surface area contributed by atoms with Crippen LogP contribution in [0.4, 0.5) is 4.79 Å². The molecule has 0 unspecified atom stereocenters. The van der Waals surface area contributed by atoms with Gasteiger partial charge in [0.25, 0.3) is 0 Å². The summed E-state index contributed by atoms with van der Waals surface area (Å²) in [5.74, 6) is -0.221. The van der Waals surface area contributed by atoms with Gasteiger partial charge in [-0.15, -0.1) is 0 Å². The number of esters is 1. The van der Waals surface area contributed by atoms with Gasteiger partial charge >= 0.3 is 12.1 Å². The van der Waals surface area contributed by atoms with Gasteiger partial charge in [0, 0.05) is 6.04 Å². The fraction of sp³-hybridized carbons (Fsp3) is 0.833. The van der Waals surface area contributed by atoms with E-state index >= 15 is 0 Å². The molecule has 0 bridgehead atoms. The van der Waals surface area contributed by atoms with Gasteiger partial charge in [-0.25, -0.2) is 4.79 Å². The van der Waals surface area contributed by atoms with Crippen LogP contribution in [-0.2, 0) is 14.3 Å². The van der Waals surface area contributed by atoms with Crippen LogP contribution in [-0.4, -0.2) is 30.8 Å². The molecule has 0 heterocycles. The summed E-state index contributed by atoms with van der Waals surface area (Å²) >= 11 is 0. The average molecular weight is 245 g/mol. The lowest BCUT2D eigenvalue weighted by Gasteiger charge is -2.25. The van der Waals surface area contributed by atoms with Crippen LogP contribution in [0.2, 0.25) is 0 Å². The van der Waals surface area contributed by atoms with Gasteiger partial charge < -0.3 is 14.8 Å². The molecule has 0 spiro atoms. The van der Waals surface area contributed by atoms with Crippen LogP contribution in [0.15, 0.2) is 0 Å². The molecule has 0 rings (SSSR count). The Kier molecular flexibility index (Phi) is 5.99. The Balaban J connectivity index is 4.35. The number of rotatable bonds is 4. The van der Waals surface area contributed by atoms with Gasteiger partial charge in [0.2, 0.25) is 0 Å². The topological polar surface area (TPSA) is 64.6 Å². The third-order valence-electron chi connectivity index (χ3n) is 2.12. The molecule has 100 valence electrons. The zero-order valence-electron chi connectivity index (χ0n) is 11.5. The first-order chi connectivity index (χ1) is 7.65. The number of nitrogens with one attached hydrogen (secondary N) is 1. The Morgan fingerprint density at radius 2 is 1.76 bits per heavy atom. The standard InChI is InChI=1S/C12H23NO4/c1-8(2)9(7-10(14)16-6)13-11(15)17-12(3,4)5/h8-9H,7H2,1-6H3,(H,13,15)/t9-/m0/s1. The third kappa shape index (κ3) is 7.60. The van der Waals surface area contributed by atoms with Crippen LogP contribution in [0.1, 0.15) is 41.0 Å². The highest BCUT2D eigenvalue weighted by Crippen LogP contribution is 2.10. The summed E-state index contributed by atoms with van der Waals surface area (Å²) in [5.41, 5.74) is -0.545. The number of ether oxygens (including phenoxy) is 2. The Labute approximate surface area is 103 Å². The summed E-state index contributed by atoms with van der Waals surface area (Å²) in [6, 6.07) is -0.280. The van der Waals surface area contributed by atoms with Gasteiger partial charge in [0.1, 0.15) is 5.60 Å². The van der Waals surface area contributed by atoms with Crippen LogP contribution >= 0.6 is 0 Å². The molecule has 5 nitrogen and oxygen atoms in total. The Morgan fingerprint density at radius 1 is 1.24 bits per heavy atom. The monoisotopic (exact) mass is 245 g/mol. The van der Waals surface area contributed by atoms with E-state index in [9.17, 15) is 9.59 Å². The van der Waals surface area contributed by atoms with Crippen LogP contribution in [0.5, 0.6) is 0 Å². The van der Waals surface area contributed by atoms with Crippen molar-refractivity contribution in [3.8, 4) is 0 Å². The van der Waals surface area contributed by atoms with Crippen molar-refractivity contribution in [3.05, 3.63) is 0 Å². The number of amides is 1. The Hall–Kier alpha value is -1.26. The van der Waals surface area contributed by atoms with Crippen molar-refractivity contribution in [2.45, 2.75) is 52.7 Å². The first-order valence-electron chi connectivity index (χ1n) is 5.72. The molecule has 17 heavy (non-hydrogen) atoms. The minimum absolute atomic E-state index is 0.126. The molecule has 0 aromatic rings. The average Bonchev–Trinajstić information content (AvgIpc) is 2.13. The second-order valence-electron chi connectivity index (χ2n) is 5.28. The van der Waals surface area contributed by atoms with Gasteiger partial charge in [-0.1, -0.05) is 13.8 Å². The number of hydrogen-bond donors (Lipinski definition) is 1. The first kappa shape index (κ1) is 15.7. The lowest BCUT2D eigenvalue weighted by molar-refractivity contribution is -0.141. The molecule has 1 amide bonds. The van der Waals surface area contributed by atoms with E-state index in [-0.39, 0.29) is 24.3 Å². The zero-order valence-corrected chi connectivity index (χ0v) is 11.5. The summed E-state index contributed by atoms with van der Waals surface area (Å²) in [5, 5.41) is 2.68. The molecule has 0 aromatic carbocycles. The highest BCUT2D eigenvalue weighted by molar-refractivity contribution is 5.72. The normalized spacial score (nSPS) is 13.1. The summed E-state index contributed by atoms with van der Waals surface area (Å²) in [7, 11) is 1.33. The van der Waals surface area contributed by atoms with Gasteiger partial charge in [-0.2, -0.15) is 0 Å². The smallest absolute Gasteiger partial charge is 0.407 e. The van der Waals surface area contributed by atoms with E-state index in [0.29, 0.717) is 0 Å². The highest BCUT2D eigenvalue weighted by Gasteiger charge is 2.23. The fourth-order valence-electron chi connectivity index (χ4n) is 1.18. The van der Waals surface area contributed by atoms with E-state index in [2.05, 4.69) is 10.1 Å². The molecule has 0 fully saturated rings. The molecule has 0 aromatic heterocycles. The fourth-order valence-corrected chi connectivity index (χ4v) is 1.18. The van der Waals surface area contributed by atoms with Gasteiger partial charge in [0.05, 0.1) is 13.5 Å². The molecule has 0 saturated carbocycles. The quantitative estimate of drug-likeness (QED) is 0.770. The van der Waals surface area contributed by atoms with E-state index in [1.54, 1.807) is 20.8 Å². The molecule has 0 aliphatic carbocycles. The van der Waals surface area contributed by atoms with Crippen molar-refractivity contribution in [1.29, 1.82) is 0 Å². The maximum atomic E-state index is 11.6. The van der Waals surface area contributed by atoms with Crippen molar-refractivity contribution in [2.75, 3.05) is 7.11 Å². The molecule has 1 N–H and O–H groups in total. The molecule has 1 atom stereocenters. The van der Waals surface area contributed by atoms with Crippen molar-refractivity contribution in [2.24, 2.45) is 5.92 Å². The van der Waals surface area contributed by atoms with Gasteiger partial charge in [-0.3, -0.25) is 4.79 Å². The first-order valence-corrected chi connectivity index (χ1v) is 5.72. The lowest BCUT2D eigenvalue weighted by Crippen LogP contribution is -2.43. The Bertz CT molecular complexity index is 268. The molecule has 0 radical (unpaired) electrons. The predicted octanol–water partition coefficient (Wildman–Crippen LogP) is 2.10. The zero-order chi connectivity index (χ0) is 13.6. The van der Waals surface area contributed by atoms with Crippen LogP contribution in [0.3, 0.4) is 0 Å². The second-order valence-corrected chi connectivity index (χ2v) is 5.28. The number of carbonyl (C=O) groups is 2. The number of methoxy groups -OCH3 is 1. The van der Waals surface area contributed by atoms with Crippen molar-refractivity contribution in [1.82, 2.24) is 5.32 Å². The minimum atomic E-state index is -0.545. The van der Waals surface area contributed by atoms with Gasteiger partial charge in [0.15, 0.2) is 0 Å². The maximum Gasteiger partial charge on any atom is 0.407 e. The molecule has 0 saturated heterocycles. The summed E-state index contributed by atoms with van der Waals surface area (Å²) in [6.45, 7) is 9.21. The lowest BCUT2D eigenvalue weighted by atomic mass is 10.0. The van der Waals surface area contributed by atoms with Gasteiger partial charge in [-0.05, 0) is 26.7 Å². The second kappa shape index (κ2) is 6.47. The maximum absolute atomic E-state index is 11.6. The summed E-state index contributed by atoms with van der Waals surface area (Å²) in [4.78, 5) is 22.7. The van der Waals surface area contributed by atoms with E-state index < -0.39 is 11.7 Å². The van der Waals surface area contributed by atoms with E-state index in [1.165, 1.54) is 7.11 Å². The van der Waals surface area contributed by atoms with Crippen LogP contribution in [0.25, 0.3) is 0 Å². The molecular weight excluding hydrogens is 222 g/mol. The molecular formula is C12H23NO4. The number of carbonyl (C=O) groups excluding carboxylic acids is 2. The van der Waals surface area contributed by atoms with E-state index in [4.69, 9.17) is 4.74 Å². The Morgan fingerprint density at radius 3 is 2.12 bits per heavy atom. The number of hydrogen-bond acceptors (Lipinski definition) is 4. The SMILES string of the molecule is COC(=O)C[C@H](NC(=O)OC(C)(C)C)C(C)C. The van der Waals surface area contributed by atoms with Crippen molar-refractivity contribution < 1.29 is 19.1 Å². The molecule has 5 heteroatoms. The number of alkyl carbamates (subject to hydrolysis) is 1. The van der Waals surface area contributed by atoms with Crippen molar-refractivity contribution >= 4 is 12.1 Å². The van der Waals surface area contributed by atoms with Crippen LogP contribution < -0.4 is 5.32 Å². The molecule has 0 aliphatic rings. The summed E-state index contributed by atoms with van der Waals surface area (Å²) < 4.78 is 9.71. The third-order valence-corrected chi connectivity index (χ3v) is 2.12. The van der Waals surface area contributed by atoms with E-state index in [1.807, 2.05) is 13.8 Å². The van der Waals surface area contributed by atoms with Crippen LogP contribution in [0, 0.1) is 5.92 Å².